The number of carboxylic acid groups (broad SMARTS) is 1. The Labute approximate surface area is 143 Å². The molecule has 5 nitrogen and oxygen atoms in total. The number of methoxy groups -OCH3 is 1. The van der Waals surface area contributed by atoms with Gasteiger partial charge in [-0.1, -0.05) is 29.4 Å². The molecule has 0 spiro atoms. The molecule has 0 amide bonds. The maximum Gasteiger partial charge on any atom is 0.336 e. The minimum absolute atomic E-state index is 0.284. The van der Waals surface area contributed by atoms with Gasteiger partial charge >= 0.3 is 5.97 Å². The van der Waals surface area contributed by atoms with Crippen molar-refractivity contribution in [3.63, 3.8) is 0 Å². The quantitative estimate of drug-likeness (QED) is 0.672. The first-order valence-electron chi connectivity index (χ1n) is 7.23. The monoisotopic (exact) mass is 341 g/mol. The third-order valence-electron chi connectivity index (χ3n) is 3.43. The lowest BCUT2D eigenvalue weighted by molar-refractivity contribution is 0.0693. The lowest BCUT2D eigenvalue weighted by atomic mass is 10.1. The van der Waals surface area contributed by atoms with Gasteiger partial charge in [-0.3, -0.25) is 0 Å². The third kappa shape index (κ3) is 3.44. The van der Waals surface area contributed by atoms with Crippen molar-refractivity contribution in [3.05, 3.63) is 65.9 Å². The Morgan fingerprint density at radius 3 is 2.75 bits per heavy atom. The highest BCUT2D eigenvalue weighted by Crippen LogP contribution is 2.31. The van der Waals surface area contributed by atoms with E-state index in [-0.39, 0.29) is 5.56 Å². The highest BCUT2D eigenvalue weighted by molar-refractivity contribution is 7.98. The molecule has 0 saturated carbocycles. The van der Waals surface area contributed by atoms with Gasteiger partial charge in [0.05, 0.1) is 18.4 Å². The maximum atomic E-state index is 11.2. The summed E-state index contributed by atoms with van der Waals surface area (Å²) >= 11 is 1.40. The van der Waals surface area contributed by atoms with Crippen molar-refractivity contribution < 1.29 is 19.2 Å². The number of rotatable bonds is 6. The number of carbonyl (C=O) groups is 1. The number of nitrogens with zero attached hydrogens (tertiary/aromatic N) is 1. The zero-order chi connectivity index (χ0) is 16.9. The van der Waals surface area contributed by atoms with Gasteiger partial charge in [0.25, 0.3) is 0 Å². The molecule has 0 radical (unpaired) electrons. The van der Waals surface area contributed by atoms with Gasteiger partial charge < -0.3 is 14.4 Å². The first kappa shape index (κ1) is 16.1. The molecular formula is C18H15NO4S. The van der Waals surface area contributed by atoms with E-state index in [1.807, 2.05) is 36.4 Å². The van der Waals surface area contributed by atoms with Crippen LogP contribution in [0.5, 0.6) is 5.75 Å². The Morgan fingerprint density at radius 1 is 1.21 bits per heavy atom. The molecule has 6 heteroatoms. The van der Waals surface area contributed by atoms with Crippen LogP contribution in [0.3, 0.4) is 0 Å². The lowest BCUT2D eigenvalue weighted by Gasteiger charge is -2.04. The van der Waals surface area contributed by atoms with E-state index in [0.29, 0.717) is 22.1 Å². The first-order chi connectivity index (χ1) is 11.7. The molecule has 0 atom stereocenters. The van der Waals surface area contributed by atoms with E-state index < -0.39 is 5.97 Å². The Kier molecular flexibility index (Phi) is 4.86. The molecule has 0 aliphatic heterocycles. The molecule has 0 unspecified atom stereocenters. The zero-order valence-corrected chi connectivity index (χ0v) is 13.7. The number of hydrogen-bond donors (Lipinski definition) is 1. The predicted molar refractivity (Wildman–Crippen MR) is 91.5 cm³/mol. The summed E-state index contributed by atoms with van der Waals surface area (Å²) in [6.45, 7) is 0. The number of thioether (sulfide) groups is 1. The second-order valence-corrected chi connectivity index (χ2v) is 5.99. The Balaban J connectivity index is 1.77. The average molecular weight is 341 g/mol. The molecule has 0 aliphatic carbocycles. The van der Waals surface area contributed by atoms with E-state index in [1.165, 1.54) is 11.8 Å². The number of aromatic nitrogens is 1. The van der Waals surface area contributed by atoms with Gasteiger partial charge in [0.15, 0.2) is 0 Å². The number of ether oxygens (including phenoxy) is 1. The molecule has 3 aromatic rings. The lowest BCUT2D eigenvalue weighted by Crippen LogP contribution is -1.98. The van der Waals surface area contributed by atoms with Crippen LogP contribution in [0.2, 0.25) is 0 Å². The summed E-state index contributed by atoms with van der Waals surface area (Å²) in [5.41, 5.74) is 1.83. The molecule has 0 saturated heterocycles. The fraction of sp³-hybridized carbons (Fsp3) is 0.111. The van der Waals surface area contributed by atoms with Gasteiger partial charge in [0, 0.05) is 16.5 Å². The van der Waals surface area contributed by atoms with Gasteiger partial charge in [-0.2, -0.15) is 0 Å². The molecular weight excluding hydrogens is 326 g/mol. The standard InChI is InChI=1S/C18H15NO4S/c1-22-16-8-4-2-6-13(16)15-10-12(23-19-15)11-24-17-9-5-3-7-14(17)18(20)21/h2-10H,11H2,1H3,(H,20,21). The number of hydrogen-bond acceptors (Lipinski definition) is 5. The summed E-state index contributed by atoms with van der Waals surface area (Å²) in [6.07, 6.45) is 0. The van der Waals surface area contributed by atoms with Crippen molar-refractivity contribution in [1.82, 2.24) is 5.16 Å². The summed E-state index contributed by atoms with van der Waals surface area (Å²) < 4.78 is 10.7. The topological polar surface area (TPSA) is 72.6 Å². The number of carboxylic acids is 1. The van der Waals surface area contributed by atoms with Crippen LogP contribution in [0.1, 0.15) is 16.1 Å². The molecule has 2 aromatic carbocycles. The Morgan fingerprint density at radius 2 is 1.96 bits per heavy atom. The zero-order valence-electron chi connectivity index (χ0n) is 12.9. The second kappa shape index (κ2) is 7.23. The van der Waals surface area contributed by atoms with Crippen LogP contribution in [0.25, 0.3) is 11.3 Å². The summed E-state index contributed by atoms with van der Waals surface area (Å²) in [7, 11) is 1.61. The van der Waals surface area contributed by atoms with E-state index in [2.05, 4.69) is 5.16 Å². The van der Waals surface area contributed by atoms with E-state index in [0.717, 1.165) is 11.3 Å². The van der Waals surface area contributed by atoms with Gasteiger partial charge in [-0.05, 0) is 24.3 Å². The normalized spacial score (nSPS) is 10.5. The van der Waals surface area contributed by atoms with E-state index in [1.54, 1.807) is 25.3 Å². The van der Waals surface area contributed by atoms with Crippen molar-refractivity contribution in [2.45, 2.75) is 10.6 Å². The molecule has 1 N–H and O–H groups in total. The fourth-order valence-electron chi connectivity index (χ4n) is 2.28. The minimum Gasteiger partial charge on any atom is -0.496 e. The van der Waals surface area contributed by atoms with Crippen LogP contribution in [-0.2, 0) is 5.75 Å². The van der Waals surface area contributed by atoms with Crippen LogP contribution in [0, 0.1) is 0 Å². The van der Waals surface area contributed by atoms with Crippen molar-refractivity contribution in [1.29, 1.82) is 0 Å². The number of aromatic carboxylic acids is 1. The fourth-order valence-corrected chi connectivity index (χ4v) is 3.20. The molecule has 0 bridgehead atoms. The highest BCUT2D eigenvalue weighted by Gasteiger charge is 2.13. The van der Waals surface area contributed by atoms with E-state index in [4.69, 9.17) is 9.26 Å². The SMILES string of the molecule is COc1ccccc1-c1cc(CSc2ccccc2C(=O)O)on1. The van der Waals surface area contributed by atoms with Crippen molar-refractivity contribution in [2.75, 3.05) is 7.11 Å². The maximum absolute atomic E-state index is 11.2. The average Bonchev–Trinajstić information content (AvgIpc) is 3.09. The molecule has 0 aliphatic rings. The van der Waals surface area contributed by atoms with E-state index >= 15 is 0 Å². The Bertz CT molecular complexity index is 859. The summed E-state index contributed by atoms with van der Waals surface area (Å²) in [5, 5.41) is 13.3. The Hall–Kier alpha value is -2.73. The van der Waals surface area contributed by atoms with Crippen LogP contribution < -0.4 is 4.74 Å². The van der Waals surface area contributed by atoms with Crippen LogP contribution in [0.4, 0.5) is 0 Å². The highest BCUT2D eigenvalue weighted by atomic mass is 32.2. The molecule has 0 fully saturated rings. The van der Waals surface area contributed by atoms with Crippen molar-refractivity contribution in [2.24, 2.45) is 0 Å². The van der Waals surface area contributed by atoms with Crippen LogP contribution in [-0.4, -0.2) is 23.3 Å². The summed E-state index contributed by atoms with van der Waals surface area (Å²) in [4.78, 5) is 11.9. The van der Waals surface area contributed by atoms with Gasteiger partial charge in [0.1, 0.15) is 17.2 Å². The first-order valence-corrected chi connectivity index (χ1v) is 8.21. The smallest absolute Gasteiger partial charge is 0.336 e. The number of para-hydroxylation sites is 1. The molecule has 3 rings (SSSR count). The van der Waals surface area contributed by atoms with Crippen molar-refractivity contribution in [3.8, 4) is 17.0 Å². The molecule has 122 valence electrons. The molecule has 1 aromatic heterocycles. The minimum atomic E-state index is -0.939. The van der Waals surface area contributed by atoms with Gasteiger partial charge in [-0.25, -0.2) is 4.79 Å². The van der Waals surface area contributed by atoms with Gasteiger partial charge in [0.2, 0.25) is 0 Å². The van der Waals surface area contributed by atoms with Gasteiger partial charge in [-0.15, -0.1) is 11.8 Å². The van der Waals surface area contributed by atoms with E-state index in [9.17, 15) is 9.90 Å². The van der Waals surface area contributed by atoms with Crippen LogP contribution in [0.15, 0.2) is 64.0 Å². The largest absolute Gasteiger partial charge is 0.496 e. The molecule has 24 heavy (non-hydrogen) atoms. The predicted octanol–water partition coefficient (Wildman–Crippen LogP) is 4.34. The summed E-state index contributed by atoms with van der Waals surface area (Å²) in [5.74, 6) is 0.944. The van der Waals surface area contributed by atoms with Crippen LogP contribution >= 0.6 is 11.8 Å². The second-order valence-electron chi connectivity index (χ2n) is 4.97. The van der Waals surface area contributed by atoms with Crippen molar-refractivity contribution >= 4 is 17.7 Å². The molecule has 1 heterocycles. The number of benzene rings is 2. The third-order valence-corrected chi connectivity index (χ3v) is 4.53. The summed E-state index contributed by atoms with van der Waals surface area (Å²) in [6, 6.07) is 16.3.